The van der Waals surface area contributed by atoms with Crippen LogP contribution in [-0.4, -0.2) is 6.88 Å². The van der Waals surface area contributed by atoms with Gasteiger partial charge in [0.2, 0.25) is 0 Å². The van der Waals surface area contributed by atoms with E-state index in [1.54, 1.807) is 5.56 Å². The van der Waals surface area contributed by atoms with Crippen molar-refractivity contribution >= 4 is 92.5 Å². The second-order valence-electron chi connectivity index (χ2n) is 18.1. The zero-order valence-electron chi connectivity index (χ0n) is 34.5. The molecule has 0 amide bonds. The minimum Gasteiger partial charge on any atom is -0.147 e. The molecule has 2 aliphatic rings. The Morgan fingerprint density at radius 2 is 0.900 bits per heavy atom. The quantitative estimate of drug-likeness (QED) is 0.119. The fraction of sp³-hybridized carbons (Fsp3) is 0.107. The predicted octanol–water partition coefficient (Wildman–Crippen LogP) is 15.9. The molecule has 0 spiro atoms. The Kier molecular flexibility index (Phi) is 10.1. The second-order valence-corrected chi connectivity index (χ2v) is 48.6. The van der Waals surface area contributed by atoms with E-state index in [0.29, 0.717) is 7.25 Å². The van der Waals surface area contributed by atoms with Crippen LogP contribution in [-0.2, 0) is 17.4 Å². The summed E-state index contributed by atoms with van der Waals surface area (Å²) in [6.07, 6.45) is 5.21. The molecule has 294 valence electrons. The minimum absolute atomic E-state index is 0. The van der Waals surface area contributed by atoms with E-state index >= 15 is 0 Å². The summed E-state index contributed by atoms with van der Waals surface area (Å²) in [7, 11) is 0. The molecule has 11 rings (SSSR count). The molecule has 9 aromatic carbocycles. The van der Waals surface area contributed by atoms with Crippen molar-refractivity contribution in [2.75, 3.05) is 0 Å². The zero-order valence-corrected chi connectivity index (χ0v) is 40.0. The number of hydrogen-bond acceptors (Lipinski definition) is 0. The third-order valence-corrected chi connectivity index (χ3v) is 31.3. The first-order valence-corrected chi connectivity index (χ1v) is 34.4. The average Bonchev–Trinajstić information content (AvgIpc) is 3.83. The van der Waals surface area contributed by atoms with Gasteiger partial charge in [-0.3, -0.25) is 0 Å². The molecule has 0 saturated carbocycles. The van der Waals surface area contributed by atoms with E-state index in [4.69, 9.17) is 0 Å². The van der Waals surface area contributed by atoms with Crippen LogP contribution in [0.15, 0.2) is 175 Å². The van der Waals surface area contributed by atoms with Crippen LogP contribution in [0.2, 0.25) is 9.26 Å². The van der Waals surface area contributed by atoms with Crippen LogP contribution in [0.5, 0.6) is 0 Å². The molecule has 9 aromatic rings. The molecule has 2 atom stereocenters. The first kappa shape index (κ1) is 40.6. The maximum absolute atomic E-state index is 4.10. The van der Waals surface area contributed by atoms with Crippen LogP contribution in [0.25, 0.3) is 83.1 Å². The van der Waals surface area contributed by atoms with Gasteiger partial charge in [0.1, 0.15) is 0 Å². The molecule has 60 heavy (non-hydrogen) atoms. The molecular formula is C56H48Cl2SiZr. The summed E-state index contributed by atoms with van der Waals surface area (Å²) in [6.45, 7) is 7.27. The topological polar surface area (TPSA) is 0 Å². The molecule has 0 heterocycles. The summed E-state index contributed by atoms with van der Waals surface area (Å²) < 4.78 is 6.28. The molecule has 0 N–H and O–H groups in total. The van der Waals surface area contributed by atoms with Crippen molar-refractivity contribution in [3.63, 3.8) is 0 Å². The van der Waals surface area contributed by atoms with Crippen LogP contribution in [0.1, 0.15) is 47.6 Å². The summed E-state index contributed by atoms with van der Waals surface area (Å²) in [5, 5.41) is 10.5. The van der Waals surface area contributed by atoms with Gasteiger partial charge in [-0.1, -0.05) is 0 Å². The van der Waals surface area contributed by atoms with E-state index in [0.717, 1.165) is 0 Å². The van der Waals surface area contributed by atoms with Gasteiger partial charge in [-0.15, -0.1) is 24.8 Å². The first-order valence-electron chi connectivity index (χ1n) is 20.8. The van der Waals surface area contributed by atoms with Crippen molar-refractivity contribution in [1.82, 2.24) is 0 Å². The van der Waals surface area contributed by atoms with Gasteiger partial charge in [-0.05, 0) is 0 Å². The molecule has 0 nitrogen and oxygen atoms in total. The molecular weight excluding hydrogens is 863 g/mol. The Morgan fingerprint density at radius 1 is 0.400 bits per heavy atom. The Balaban J connectivity index is 0.00000231. The van der Waals surface area contributed by atoms with Gasteiger partial charge in [0.15, 0.2) is 0 Å². The van der Waals surface area contributed by atoms with Gasteiger partial charge in [0.05, 0.1) is 0 Å². The predicted molar refractivity (Wildman–Crippen MR) is 267 cm³/mol. The van der Waals surface area contributed by atoms with Crippen molar-refractivity contribution in [3.05, 3.63) is 209 Å². The summed E-state index contributed by atoms with van der Waals surface area (Å²) in [4.78, 5) is 0. The molecule has 2 unspecified atom stereocenters. The molecule has 2 aliphatic carbocycles. The van der Waals surface area contributed by atoms with Crippen molar-refractivity contribution in [3.8, 4) is 22.3 Å². The van der Waals surface area contributed by atoms with Gasteiger partial charge in [0.25, 0.3) is 0 Å². The summed E-state index contributed by atoms with van der Waals surface area (Å²) in [5.41, 5.74) is 17.1. The first-order chi connectivity index (χ1) is 28.2. The fourth-order valence-corrected chi connectivity index (χ4v) is 31.5. The number of benzene rings is 9. The Labute approximate surface area is 368 Å². The van der Waals surface area contributed by atoms with Crippen molar-refractivity contribution in [2.45, 2.75) is 30.4 Å². The number of halogens is 2. The van der Waals surface area contributed by atoms with Gasteiger partial charge in [-0.2, -0.15) is 0 Å². The minimum atomic E-state index is -4.10. The van der Waals surface area contributed by atoms with Crippen molar-refractivity contribution < 1.29 is 17.4 Å². The number of fused-ring (bicyclic) bond motifs is 7. The van der Waals surface area contributed by atoms with E-state index < -0.39 is 17.4 Å². The van der Waals surface area contributed by atoms with Crippen LogP contribution in [0.4, 0.5) is 0 Å². The Hall–Kier alpha value is -4.82. The molecule has 0 bridgehead atoms. The molecule has 0 fully saturated rings. The number of aryl methyl sites for hydroxylation is 1. The zero-order chi connectivity index (χ0) is 39.4. The fourth-order valence-electron chi connectivity index (χ4n) is 11.6. The van der Waals surface area contributed by atoms with Crippen LogP contribution in [0, 0.1) is 6.92 Å². The monoisotopic (exact) mass is 908 g/mol. The van der Waals surface area contributed by atoms with Crippen LogP contribution >= 0.6 is 24.8 Å². The molecule has 0 aliphatic heterocycles. The number of allylic oxidation sites excluding steroid dienone is 2. The van der Waals surface area contributed by atoms with Crippen molar-refractivity contribution in [1.29, 1.82) is 0 Å². The molecule has 0 saturated heterocycles. The van der Waals surface area contributed by atoms with Crippen molar-refractivity contribution in [2.24, 2.45) is 0 Å². The average molecular weight is 911 g/mol. The normalized spacial score (nSPS) is 15.9. The Morgan fingerprint density at radius 3 is 1.57 bits per heavy atom. The van der Waals surface area contributed by atoms with E-state index in [2.05, 4.69) is 212 Å². The molecule has 0 radical (unpaired) electrons. The molecule has 0 aromatic heterocycles. The summed E-state index contributed by atoms with van der Waals surface area (Å²) >= 11 is -4.10. The standard InChI is InChI=1S/C33H21.C21H17.2CH3.2ClH.H2Si.Zr/c1-3-12-26-22(8-1)10-5-15-29(26)31-16-6-11-24-20-25(21-33(24)31)28-14-7-17-30-27-13-4-2-9-23(27)18-19-32(28)30;1-14-12-20-15(2)10-11-19(21(20)13-14)18-9-5-7-16-6-3-4-8-17(16)18;;;;;;/h1-21H;3-13H,1-2H3;2*1H3;2*1H;1H2;. The van der Waals surface area contributed by atoms with E-state index in [1.807, 2.05) is 0 Å². The maximum Gasteiger partial charge on any atom is -0.147 e. The maximum atomic E-state index is 2.79. The number of hydrogen-bond donors (Lipinski definition) is 0. The molecule has 4 heteroatoms. The Bertz CT molecular complexity index is 3360. The largest absolute Gasteiger partial charge is 0.147 e. The summed E-state index contributed by atoms with van der Waals surface area (Å²) in [5.74, 6) is 0. The summed E-state index contributed by atoms with van der Waals surface area (Å²) in [6, 6.07) is 64.0. The smallest absolute Gasteiger partial charge is 0.147 e. The van der Waals surface area contributed by atoms with Gasteiger partial charge < -0.3 is 0 Å². The van der Waals surface area contributed by atoms with Crippen LogP contribution < -0.4 is 0 Å². The SMILES string of the molecule is CC1=Cc2c(-c3cccc4ccccc34)ccc(C)c2[CH]1[Zr]([CH3])([CH3])(=[SiH2])[CH]1C(c2cccc3c2ccc2ccccc23)=Cc2c(-c3cccc4ccccc34)cccc21.Cl.Cl. The van der Waals surface area contributed by atoms with Crippen LogP contribution in [0.3, 0.4) is 0 Å². The van der Waals surface area contributed by atoms with E-state index in [-0.39, 0.29) is 24.8 Å². The third kappa shape index (κ3) is 6.09. The van der Waals surface area contributed by atoms with E-state index in [1.165, 1.54) is 104 Å². The third-order valence-electron chi connectivity index (χ3n) is 13.8. The number of rotatable bonds is 5. The van der Waals surface area contributed by atoms with Gasteiger partial charge in [0, 0.05) is 0 Å². The second kappa shape index (κ2) is 15.0. The van der Waals surface area contributed by atoms with E-state index in [9.17, 15) is 0 Å². The van der Waals surface area contributed by atoms with Gasteiger partial charge >= 0.3 is 347 Å². The van der Waals surface area contributed by atoms with Gasteiger partial charge in [-0.25, -0.2) is 0 Å².